The zero-order valence-corrected chi connectivity index (χ0v) is 19.4. The van der Waals surface area contributed by atoms with Gasteiger partial charge in [0.2, 0.25) is 0 Å². The first-order valence-electron chi connectivity index (χ1n) is 11.2. The Morgan fingerprint density at radius 1 is 1.20 bits per heavy atom. The molecule has 0 spiro atoms. The molecule has 3 aromatic heterocycles. The number of ether oxygens (including phenoxy) is 2. The molecule has 5 rings (SSSR count). The van der Waals surface area contributed by atoms with E-state index >= 15 is 0 Å². The van der Waals surface area contributed by atoms with E-state index in [1.165, 1.54) is 7.11 Å². The number of rotatable bonds is 5. The number of benzene rings is 1. The van der Waals surface area contributed by atoms with Gasteiger partial charge < -0.3 is 19.4 Å². The van der Waals surface area contributed by atoms with E-state index in [2.05, 4.69) is 15.1 Å². The quantitative estimate of drug-likeness (QED) is 0.450. The summed E-state index contributed by atoms with van der Waals surface area (Å²) < 4.78 is 52.5. The number of nitrogens with one attached hydrogen (secondary N) is 1. The van der Waals surface area contributed by atoms with Crippen molar-refractivity contribution < 1.29 is 27.4 Å². The van der Waals surface area contributed by atoms with Crippen LogP contribution >= 0.6 is 0 Å². The number of carbonyl (C=O) groups excluding carboxylic acids is 1. The van der Waals surface area contributed by atoms with Crippen LogP contribution in [0.15, 0.2) is 30.3 Å². The molecule has 0 unspecified atom stereocenters. The van der Waals surface area contributed by atoms with E-state index in [9.17, 15) is 18.0 Å². The van der Waals surface area contributed by atoms with Gasteiger partial charge in [-0.25, -0.2) is 9.50 Å². The number of H-pyrrole nitrogens is 1. The van der Waals surface area contributed by atoms with Gasteiger partial charge >= 0.3 is 6.18 Å². The van der Waals surface area contributed by atoms with Crippen molar-refractivity contribution in [2.24, 2.45) is 0 Å². The molecule has 1 fully saturated rings. The van der Waals surface area contributed by atoms with Crippen molar-refractivity contribution in [3.8, 4) is 11.5 Å². The molecule has 35 heavy (non-hydrogen) atoms. The number of hydrogen-bond donors (Lipinski definition) is 1. The van der Waals surface area contributed by atoms with Crippen molar-refractivity contribution in [3.63, 3.8) is 0 Å². The molecule has 0 radical (unpaired) electrons. The minimum absolute atomic E-state index is 0.160. The lowest BCUT2D eigenvalue weighted by atomic mass is 10.1. The Morgan fingerprint density at radius 2 is 2.00 bits per heavy atom. The Hall–Kier alpha value is -3.76. The number of aromatic amines is 1. The van der Waals surface area contributed by atoms with Crippen molar-refractivity contribution in [1.29, 1.82) is 0 Å². The summed E-state index contributed by atoms with van der Waals surface area (Å²) in [4.78, 5) is 22.3. The summed E-state index contributed by atoms with van der Waals surface area (Å²) in [5, 5.41) is 4.96. The summed E-state index contributed by atoms with van der Waals surface area (Å²) in [5.74, 6) is 0.703. The molecule has 1 aromatic carbocycles. The largest absolute Gasteiger partial charge is 0.493 e. The smallest absolute Gasteiger partial charge is 0.433 e. The number of aryl methyl sites for hydroxylation is 1. The Labute approximate surface area is 198 Å². The van der Waals surface area contributed by atoms with Crippen LogP contribution in [0.1, 0.15) is 46.8 Å². The monoisotopic (exact) mass is 487 g/mol. The highest BCUT2D eigenvalue weighted by Gasteiger charge is 2.36. The van der Waals surface area contributed by atoms with Gasteiger partial charge in [0.05, 0.1) is 25.4 Å². The van der Waals surface area contributed by atoms with Crippen molar-refractivity contribution in [2.45, 2.75) is 31.9 Å². The summed E-state index contributed by atoms with van der Waals surface area (Å²) in [6.45, 7) is 2.57. The SMILES string of the molecule is CCc1cc(C(F)(F)F)n2nc([C@H]3CCN(C(=O)c4cc5c(OC)c(OC)ccc5[nH]4)C3)cc2n1. The fourth-order valence-corrected chi connectivity index (χ4v) is 4.63. The van der Waals surface area contributed by atoms with Gasteiger partial charge in [0, 0.05) is 36.2 Å². The molecule has 1 atom stereocenters. The van der Waals surface area contributed by atoms with E-state index in [0.717, 1.165) is 21.5 Å². The highest BCUT2D eigenvalue weighted by atomic mass is 19.4. The van der Waals surface area contributed by atoms with Gasteiger partial charge in [-0.05, 0) is 37.1 Å². The average Bonchev–Trinajstić information content (AvgIpc) is 3.58. The molecule has 1 aliphatic heterocycles. The maximum atomic E-state index is 13.6. The molecule has 8 nitrogen and oxygen atoms in total. The third-order valence-electron chi connectivity index (χ3n) is 6.42. The number of aromatic nitrogens is 4. The predicted octanol–water partition coefficient (Wildman–Crippen LogP) is 4.44. The second-order valence-electron chi connectivity index (χ2n) is 8.51. The van der Waals surface area contributed by atoms with Crippen LogP contribution in [-0.2, 0) is 12.6 Å². The molecule has 0 saturated carbocycles. The van der Waals surface area contributed by atoms with Crippen molar-refractivity contribution in [1.82, 2.24) is 24.5 Å². The number of carbonyl (C=O) groups is 1. The summed E-state index contributed by atoms with van der Waals surface area (Å²) in [6, 6.07) is 7.92. The van der Waals surface area contributed by atoms with Crippen LogP contribution in [0.25, 0.3) is 16.6 Å². The molecule has 4 aromatic rings. The molecule has 1 aliphatic rings. The van der Waals surface area contributed by atoms with Gasteiger partial charge in [-0.15, -0.1) is 0 Å². The molecule has 0 bridgehead atoms. The third-order valence-corrected chi connectivity index (χ3v) is 6.42. The zero-order valence-electron chi connectivity index (χ0n) is 19.4. The Morgan fingerprint density at radius 3 is 2.69 bits per heavy atom. The zero-order chi connectivity index (χ0) is 24.9. The number of fused-ring (bicyclic) bond motifs is 2. The molecule has 184 valence electrons. The lowest BCUT2D eigenvalue weighted by molar-refractivity contribution is -0.142. The second kappa shape index (κ2) is 8.47. The number of halogens is 3. The molecule has 1 saturated heterocycles. The Balaban J connectivity index is 1.41. The van der Waals surface area contributed by atoms with Crippen molar-refractivity contribution in [3.05, 3.63) is 53.1 Å². The molecule has 1 N–H and O–H groups in total. The fraction of sp³-hybridized carbons (Fsp3) is 0.375. The standard InChI is InChI=1S/C24H24F3N5O3/c1-4-14-9-20(24(25,26)27)32-21(28-14)11-17(30-32)13-7-8-31(12-13)23(33)18-10-15-16(29-18)5-6-19(34-2)22(15)35-3/h5-6,9-11,13,29H,4,7-8,12H2,1-3H3/t13-/m0/s1. The maximum Gasteiger partial charge on any atom is 0.433 e. The van der Waals surface area contributed by atoms with Crippen LogP contribution in [0.2, 0.25) is 0 Å². The van der Waals surface area contributed by atoms with Gasteiger partial charge in [0.1, 0.15) is 11.4 Å². The fourth-order valence-electron chi connectivity index (χ4n) is 4.63. The van der Waals surface area contributed by atoms with Gasteiger partial charge in [-0.2, -0.15) is 18.3 Å². The summed E-state index contributed by atoms with van der Waals surface area (Å²) in [5.41, 5.74) is 1.29. The third kappa shape index (κ3) is 3.94. The van der Waals surface area contributed by atoms with E-state index in [0.29, 0.717) is 54.5 Å². The van der Waals surface area contributed by atoms with Gasteiger partial charge in [0.25, 0.3) is 5.91 Å². The summed E-state index contributed by atoms with van der Waals surface area (Å²) >= 11 is 0. The van der Waals surface area contributed by atoms with E-state index in [1.54, 1.807) is 37.1 Å². The van der Waals surface area contributed by atoms with Crippen molar-refractivity contribution >= 4 is 22.5 Å². The Kier molecular flexibility index (Phi) is 5.57. The van der Waals surface area contributed by atoms with E-state index in [1.807, 2.05) is 6.07 Å². The second-order valence-corrected chi connectivity index (χ2v) is 8.51. The lowest BCUT2D eigenvalue weighted by Crippen LogP contribution is -2.28. The van der Waals surface area contributed by atoms with Crippen LogP contribution in [0.4, 0.5) is 13.2 Å². The minimum Gasteiger partial charge on any atom is -0.493 e. The van der Waals surface area contributed by atoms with Crippen LogP contribution in [-0.4, -0.2) is 57.7 Å². The van der Waals surface area contributed by atoms with E-state index in [-0.39, 0.29) is 17.5 Å². The Bertz CT molecular complexity index is 1430. The van der Waals surface area contributed by atoms with Crippen LogP contribution in [0, 0.1) is 0 Å². The topological polar surface area (TPSA) is 84.8 Å². The van der Waals surface area contributed by atoms with Gasteiger partial charge in [0.15, 0.2) is 17.1 Å². The molecule has 11 heteroatoms. The van der Waals surface area contributed by atoms with Crippen LogP contribution < -0.4 is 9.47 Å². The lowest BCUT2D eigenvalue weighted by Gasteiger charge is -2.15. The number of likely N-dealkylation sites (tertiary alicyclic amines) is 1. The summed E-state index contributed by atoms with van der Waals surface area (Å²) in [7, 11) is 3.08. The minimum atomic E-state index is -4.55. The molecule has 4 heterocycles. The molecule has 1 amide bonds. The number of nitrogens with zero attached hydrogens (tertiary/aromatic N) is 4. The van der Waals surface area contributed by atoms with Crippen LogP contribution in [0.3, 0.4) is 0 Å². The maximum absolute atomic E-state index is 13.6. The number of methoxy groups -OCH3 is 2. The summed E-state index contributed by atoms with van der Waals surface area (Å²) in [6.07, 6.45) is -3.58. The average molecular weight is 487 g/mol. The first kappa shape index (κ1) is 23.0. The van der Waals surface area contributed by atoms with Crippen molar-refractivity contribution in [2.75, 3.05) is 27.3 Å². The first-order chi connectivity index (χ1) is 16.7. The van der Waals surface area contributed by atoms with E-state index < -0.39 is 11.9 Å². The highest BCUT2D eigenvalue weighted by molar-refractivity contribution is 6.00. The van der Waals surface area contributed by atoms with Gasteiger partial charge in [-0.1, -0.05) is 6.92 Å². The molecular weight excluding hydrogens is 463 g/mol. The van der Waals surface area contributed by atoms with E-state index in [4.69, 9.17) is 9.47 Å². The first-order valence-corrected chi connectivity index (χ1v) is 11.2. The normalized spacial score (nSPS) is 16.4. The predicted molar refractivity (Wildman–Crippen MR) is 122 cm³/mol. The number of amides is 1. The van der Waals surface area contributed by atoms with Crippen LogP contribution in [0.5, 0.6) is 11.5 Å². The number of hydrogen-bond acceptors (Lipinski definition) is 5. The number of alkyl halides is 3. The molecule has 0 aliphatic carbocycles. The van der Waals surface area contributed by atoms with Gasteiger partial charge in [-0.3, -0.25) is 4.79 Å². The molecular formula is C24H24F3N5O3. The highest BCUT2D eigenvalue weighted by Crippen LogP contribution is 2.37.